The van der Waals surface area contributed by atoms with Gasteiger partial charge in [-0.05, 0) is 60.2 Å². The Balaban J connectivity index is 2.09. The highest BCUT2D eigenvalue weighted by Gasteiger charge is 2.33. The predicted molar refractivity (Wildman–Crippen MR) is 167 cm³/mol. The standard InChI is InChI=1S/C31H37Cl2N3O4S/c1-21(2)18-34-31(38)29(17-24-9-7-6-8-10-24)35(19-25-13-14-26(32)27(33)16-25)30(37)20-36(41(5,39)40)28-15-22(3)11-12-23(28)4/h6-16,21,29H,17-20H2,1-5H3,(H,34,38)/t29-/m0/s1. The second-order valence-corrected chi connectivity index (χ2v) is 13.4. The molecular weight excluding hydrogens is 581 g/mol. The van der Waals surface area contributed by atoms with E-state index in [-0.39, 0.29) is 24.8 Å². The lowest BCUT2D eigenvalue weighted by atomic mass is 10.0. The van der Waals surface area contributed by atoms with Crippen molar-refractivity contribution in [3.63, 3.8) is 0 Å². The maximum Gasteiger partial charge on any atom is 0.244 e. The smallest absolute Gasteiger partial charge is 0.244 e. The monoisotopic (exact) mass is 617 g/mol. The van der Waals surface area contributed by atoms with Gasteiger partial charge in [-0.2, -0.15) is 0 Å². The zero-order valence-electron chi connectivity index (χ0n) is 24.0. The van der Waals surface area contributed by atoms with Gasteiger partial charge in [0.1, 0.15) is 12.6 Å². The number of hydrogen-bond donors (Lipinski definition) is 1. The molecule has 2 amide bonds. The molecule has 0 saturated carbocycles. The Morgan fingerprint density at radius 2 is 1.59 bits per heavy atom. The second kappa shape index (κ2) is 14.2. The van der Waals surface area contributed by atoms with Crippen molar-refractivity contribution in [3.05, 3.63) is 99.0 Å². The Morgan fingerprint density at radius 3 is 2.20 bits per heavy atom. The Bertz CT molecular complexity index is 1480. The number of nitrogens with zero attached hydrogens (tertiary/aromatic N) is 2. The number of benzene rings is 3. The van der Waals surface area contributed by atoms with E-state index in [0.29, 0.717) is 33.4 Å². The molecule has 0 bridgehead atoms. The number of amides is 2. The van der Waals surface area contributed by atoms with Crippen molar-refractivity contribution in [3.8, 4) is 0 Å². The summed E-state index contributed by atoms with van der Waals surface area (Å²) in [6.45, 7) is 7.59. The van der Waals surface area contributed by atoms with Crippen LogP contribution >= 0.6 is 23.2 Å². The summed E-state index contributed by atoms with van der Waals surface area (Å²) < 4.78 is 27.1. The molecule has 0 heterocycles. The summed E-state index contributed by atoms with van der Waals surface area (Å²) in [7, 11) is -3.85. The minimum Gasteiger partial charge on any atom is -0.354 e. The Kier molecular flexibility index (Phi) is 11.2. The van der Waals surface area contributed by atoms with E-state index in [0.717, 1.165) is 21.7 Å². The number of halogens is 2. The number of sulfonamides is 1. The average molecular weight is 619 g/mol. The minimum atomic E-state index is -3.85. The molecule has 3 aromatic carbocycles. The van der Waals surface area contributed by atoms with Gasteiger partial charge in [0, 0.05) is 19.5 Å². The summed E-state index contributed by atoms with van der Waals surface area (Å²) in [6.07, 6.45) is 1.31. The Labute approximate surface area is 253 Å². The molecule has 0 aliphatic heterocycles. The molecule has 1 N–H and O–H groups in total. The maximum atomic E-state index is 14.2. The van der Waals surface area contributed by atoms with Gasteiger partial charge in [0.25, 0.3) is 0 Å². The summed E-state index contributed by atoms with van der Waals surface area (Å²) >= 11 is 12.4. The van der Waals surface area contributed by atoms with Gasteiger partial charge >= 0.3 is 0 Å². The number of aryl methyl sites for hydroxylation is 2. The molecule has 0 aliphatic rings. The van der Waals surface area contributed by atoms with Crippen LogP contribution in [0.2, 0.25) is 10.0 Å². The van der Waals surface area contributed by atoms with E-state index >= 15 is 0 Å². The molecular formula is C31H37Cl2N3O4S. The van der Waals surface area contributed by atoms with Crippen LogP contribution in [0.15, 0.2) is 66.7 Å². The van der Waals surface area contributed by atoms with E-state index in [4.69, 9.17) is 23.2 Å². The van der Waals surface area contributed by atoms with E-state index in [2.05, 4.69) is 5.32 Å². The third kappa shape index (κ3) is 9.21. The van der Waals surface area contributed by atoms with Gasteiger partial charge < -0.3 is 10.2 Å². The highest BCUT2D eigenvalue weighted by Crippen LogP contribution is 2.27. The predicted octanol–water partition coefficient (Wildman–Crippen LogP) is 5.79. The van der Waals surface area contributed by atoms with Crippen LogP contribution in [0.4, 0.5) is 5.69 Å². The van der Waals surface area contributed by atoms with Crippen molar-refractivity contribution < 1.29 is 18.0 Å². The molecule has 0 aliphatic carbocycles. The van der Waals surface area contributed by atoms with Crippen LogP contribution in [0.1, 0.15) is 36.1 Å². The van der Waals surface area contributed by atoms with Crippen LogP contribution in [-0.4, -0.2) is 50.5 Å². The first-order valence-corrected chi connectivity index (χ1v) is 16.0. The van der Waals surface area contributed by atoms with E-state index < -0.39 is 28.5 Å². The van der Waals surface area contributed by atoms with Crippen molar-refractivity contribution in [1.29, 1.82) is 0 Å². The molecule has 1 atom stereocenters. The molecule has 0 radical (unpaired) electrons. The molecule has 0 unspecified atom stereocenters. The van der Waals surface area contributed by atoms with Gasteiger partial charge in [-0.25, -0.2) is 8.42 Å². The maximum absolute atomic E-state index is 14.2. The van der Waals surface area contributed by atoms with Crippen LogP contribution < -0.4 is 9.62 Å². The van der Waals surface area contributed by atoms with Crippen LogP contribution in [0, 0.1) is 19.8 Å². The lowest BCUT2D eigenvalue weighted by Crippen LogP contribution is -2.53. The number of carbonyl (C=O) groups is 2. The first-order chi connectivity index (χ1) is 19.3. The van der Waals surface area contributed by atoms with Gasteiger partial charge in [0.15, 0.2) is 0 Å². The van der Waals surface area contributed by atoms with E-state index in [1.54, 1.807) is 31.2 Å². The Hall–Kier alpha value is -3.07. The largest absolute Gasteiger partial charge is 0.354 e. The molecule has 0 saturated heterocycles. The fraction of sp³-hybridized carbons (Fsp3) is 0.355. The molecule has 10 heteroatoms. The summed E-state index contributed by atoms with van der Waals surface area (Å²) in [5.41, 5.74) is 3.49. The van der Waals surface area contributed by atoms with Crippen LogP contribution in [0.5, 0.6) is 0 Å². The number of hydrogen-bond acceptors (Lipinski definition) is 4. The zero-order chi connectivity index (χ0) is 30.3. The van der Waals surface area contributed by atoms with Crippen LogP contribution in [0.3, 0.4) is 0 Å². The van der Waals surface area contributed by atoms with Gasteiger partial charge in [-0.3, -0.25) is 13.9 Å². The highest BCUT2D eigenvalue weighted by atomic mass is 35.5. The molecule has 3 rings (SSSR count). The van der Waals surface area contributed by atoms with Gasteiger partial charge in [-0.1, -0.05) is 85.6 Å². The summed E-state index contributed by atoms with van der Waals surface area (Å²) in [4.78, 5) is 29.3. The number of nitrogens with one attached hydrogen (secondary N) is 1. The molecule has 0 fully saturated rings. The normalized spacial score (nSPS) is 12.2. The Morgan fingerprint density at radius 1 is 0.902 bits per heavy atom. The molecule has 3 aromatic rings. The molecule has 0 spiro atoms. The molecule has 0 aromatic heterocycles. The fourth-order valence-electron chi connectivity index (χ4n) is 4.39. The van der Waals surface area contributed by atoms with Gasteiger partial charge in [0.05, 0.1) is 22.0 Å². The number of anilines is 1. The SMILES string of the molecule is Cc1ccc(C)c(N(CC(=O)N(Cc2ccc(Cl)c(Cl)c2)[C@@H](Cc2ccccc2)C(=O)NCC(C)C)S(C)(=O)=O)c1. The van der Waals surface area contributed by atoms with Gasteiger partial charge in [0.2, 0.25) is 21.8 Å². The lowest BCUT2D eigenvalue weighted by Gasteiger charge is -2.34. The summed E-state index contributed by atoms with van der Waals surface area (Å²) in [5, 5.41) is 3.64. The first kappa shape index (κ1) is 32.4. The zero-order valence-corrected chi connectivity index (χ0v) is 26.4. The van der Waals surface area contributed by atoms with Crippen LogP contribution in [0.25, 0.3) is 0 Å². The van der Waals surface area contributed by atoms with Crippen molar-refractivity contribution >= 4 is 50.7 Å². The topological polar surface area (TPSA) is 86.8 Å². The summed E-state index contributed by atoms with van der Waals surface area (Å²) in [6, 6.07) is 18.9. The molecule has 220 valence electrons. The van der Waals surface area contributed by atoms with E-state index in [1.165, 1.54) is 4.90 Å². The van der Waals surface area contributed by atoms with Crippen molar-refractivity contribution in [2.75, 3.05) is 23.7 Å². The van der Waals surface area contributed by atoms with E-state index in [1.807, 2.05) is 63.2 Å². The molecule has 41 heavy (non-hydrogen) atoms. The van der Waals surface area contributed by atoms with Gasteiger partial charge in [-0.15, -0.1) is 0 Å². The third-order valence-electron chi connectivity index (χ3n) is 6.61. The van der Waals surface area contributed by atoms with Crippen molar-refractivity contribution in [2.45, 2.75) is 46.7 Å². The molecule has 7 nitrogen and oxygen atoms in total. The van der Waals surface area contributed by atoms with Crippen molar-refractivity contribution in [2.24, 2.45) is 5.92 Å². The highest BCUT2D eigenvalue weighted by molar-refractivity contribution is 7.92. The first-order valence-electron chi connectivity index (χ1n) is 13.4. The van der Waals surface area contributed by atoms with E-state index in [9.17, 15) is 18.0 Å². The van der Waals surface area contributed by atoms with Crippen molar-refractivity contribution in [1.82, 2.24) is 10.2 Å². The number of rotatable bonds is 12. The number of carbonyl (C=O) groups excluding carboxylic acids is 2. The minimum absolute atomic E-state index is 0.0206. The quantitative estimate of drug-likeness (QED) is 0.279. The average Bonchev–Trinajstić information content (AvgIpc) is 2.91. The fourth-order valence-corrected chi connectivity index (χ4v) is 5.61. The summed E-state index contributed by atoms with van der Waals surface area (Å²) in [5.74, 6) is -0.655. The second-order valence-electron chi connectivity index (χ2n) is 10.7. The van der Waals surface area contributed by atoms with Crippen LogP contribution in [-0.2, 0) is 32.6 Å². The lowest BCUT2D eigenvalue weighted by molar-refractivity contribution is -0.140. The third-order valence-corrected chi connectivity index (χ3v) is 8.47.